The predicted octanol–water partition coefficient (Wildman–Crippen LogP) is 2.43. The largest absolute Gasteiger partial charge is 0.469 e. The Kier molecular flexibility index (Phi) is 7.07. The third-order valence-corrected chi connectivity index (χ3v) is 3.84. The molecule has 0 aliphatic carbocycles. The zero-order chi connectivity index (χ0) is 16.1. The standard InChI is InChI=1S/C16H24N6O.HI/c1-3-17-16(18-9-8-13-6-5-11-23-13)20-14-7-4-10-22-15(14)19-12(2)21-22;/h5-6,11,14H,3-4,7-10H2,1-2H3,(H2,17,18,20);1H. The van der Waals surface area contributed by atoms with Crippen molar-refractivity contribution in [3.05, 3.63) is 35.8 Å². The molecule has 2 N–H and O–H groups in total. The highest BCUT2D eigenvalue weighted by atomic mass is 127. The summed E-state index contributed by atoms with van der Waals surface area (Å²) in [5.41, 5.74) is 0. The first-order valence-corrected chi connectivity index (χ1v) is 8.25. The van der Waals surface area contributed by atoms with Crippen molar-refractivity contribution < 1.29 is 4.42 Å². The molecule has 132 valence electrons. The molecule has 0 fully saturated rings. The Bertz CT molecular complexity index is 652. The normalized spacial score (nSPS) is 17.1. The number of aromatic nitrogens is 3. The summed E-state index contributed by atoms with van der Waals surface area (Å²) in [4.78, 5) is 9.20. The summed E-state index contributed by atoms with van der Waals surface area (Å²) in [6, 6.07) is 4.04. The molecule has 0 aromatic carbocycles. The number of aliphatic imine (C=N–C) groups is 1. The van der Waals surface area contributed by atoms with E-state index in [1.54, 1.807) is 6.26 Å². The maximum atomic E-state index is 5.34. The van der Waals surface area contributed by atoms with Crippen LogP contribution < -0.4 is 10.6 Å². The SMILES string of the molecule is CCNC(=NCCc1ccco1)NC1CCCn2nc(C)nc21.I. The molecule has 8 heteroatoms. The average Bonchev–Trinajstić information content (AvgIpc) is 3.16. The van der Waals surface area contributed by atoms with Crippen LogP contribution in [0.1, 0.15) is 43.2 Å². The van der Waals surface area contributed by atoms with Crippen molar-refractivity contribution in [2.75, 3.05) is 13.1 Å². The minimum atomic E-state index is 0. The van der Waals surface area contributed by atoms with E-state index >= 15 is 0 Å². The first-order valence-electron chi connectivity index (χ1n) is 8.25. The van der Waals surface area contributed by atoms with Gasteiger partial charge in [-0.1, -0.05) is 0 Å². The third kappa shape index (κ3) is 4.71. The lowest BCUT2D eigenvalue weighted by Crippen LogP contribution is -2.41. The molecule has 1 atom stereocenters. The summed E-state index contributed by atoms with van der Waals surface area (Å²) < 4.78 is 7.35. The summed E-state index contributed by atoms with van der Waals surface area (Å²) in [6.45, 7) is 6.45. The highest BCUT2D eigenvalue weighted by Gasteiger charge is 2.24. The number of rotatable bonds is 5. The minimum absolute atomic E-state index is 0. The highest BCUT2D eigenvalue weighted by molar-refractivity contribution is 14.0. The number of aryl methyl sites for hydroxylation is 2. The summed E-state index contributed by atoms with van der Waals surface area (Å²) >= 11 is 0. The van der Waals surface area contributed by atoms with Gasteiger partial charge in [-0.25, -0.2) is 9.67 Å². The van der Waals surface area contributed by atoms with E-state index in [9.17, 15) is 0 Å². The summed E-state index contributed by atoms with van der Waals surface area (Å²) in [5, 5.41) is 11.2. The van der Waals surface area contributed by atoms with Crippen molar-refractivity contribution >= 4 is 29.9 Å². The second-order valence-corrected chi connectivity index (χ2v) is 5.67. The number of hydrogen-bond acceptors (Lipinski definition) is 4. The van der Waals surface area contributed by atoms with Gasteiger partial charge in [0.1, 0.15) is 17.4 Å². The molecule has 2 aromatic heterocycles. The van der Waals surface area contributed by atoms with Crippen LogP contribution in [0.25, 0.3) is 0 Å². The van der Waals surface area contributed by atoms with E-state index in [4.69, 9.17) is 4.42 Å². The van der Waals surface area contributed by atoms with Crippen molar-refractivity contribution in [3.8, 4) is 0 Å². The number of halogens is 1. The van der Waals surface area contributed by atoms with E-state index in [2.05, 4.69) is 32.6 Å². The van der Waals surface area contributed by atoms with Gasteiger partial charge in [0.05, 0.1) is 12.3 Å². The van der Waals surface area contributed by atoms with Gasteiger partial charge in [0, 0.05) is 26.1 Å². The number of guanidine groups is 1. The van der Waals surface area contributed by atoms with E-state index in [0.717, 1.165) is 55.7 Å². The molecule has 0 bridgehead atoms. The monoisotopic (exact) mass is 444 g/mol. The van der Waals surface area contributed by atoms with Gasteiger partial charge in [0.25, 0.3) is 0 Å². The van der Waals surface area contributed by atoms with Crippen LogP contribution in [0.2, 0.25) is 0 Å². The second-order valence-electron chi connectivity index (χ2n) is 5.67. The Morgan fingerprint density at radius 2 is 2.38 bits per heavy atom. The van der Waals surface area contributed by atoms with Crippen LogP contribution in [0.5, 0.6) is 0 Å². The number of furan rings is 1. The van der Waals surface area contributed by atoms with E-state index in [1.165, 1.54) is 0 Å². The summed E-state index contributed by atoms with van der Waals surface area (Å²) in [6.07, 6.45) is 4.63. The molecular formula is C16H25IN6O. The van der Waals surface area contributed by atoms with Crippen molar-refractivity contribution in [2.45, 2.75) is 45.7 Å². The molecule has 1 unspecified atom stereocenters. The van der Waals surface area contributed by atoms with Crippen LogP contribution in [-0.2, 0) is 13.0 Å². The number of nitrogens with zero attached hydrogens (tertiary/aromatic N) is 4. The maximum Gasteiger partial charge on any atom is 0.191 e. The van der Waals surface area contributed by atoms with Gasteiger partial charge in [-0.05, 0) is 38.8 Å². The van der Waals surface area contributed by atoms with E-state index in [0.29, 0.717) is 6.54 Å². The molecule has 0 spiro atoms. The van der Waals surface area contributed by atoms with Gasteiger partial charge in [0.2, 0.25) is 0 Å². The van der Waals surface area contributed by atoms with Gasteiger partial charge in [-0.3, -0.25) is 4.99 Å². The zero-order valence-corrected chi connectivity index (χ0v) is 16.5. The Morgan fingerprint density at radius 1 is 1.50 bits per heavy atom. The molecule has 2 aromatic rings. The zero-order valence-electron chi connectivity index (χ0n) is 14.2. The second kappa shape index (κ2) is 9.05. The molecule has 24 heavy (non-hydrogen) atoms. The molecule has 7 nitrogen and oxygen atoms in total. The first kappa shape index (κ1) is 18.8. The van der Waals surface area contributed by atoms with E-state index < -0.39 is 0 Å². The molecule has 0 amide bonds. The van der Waals surface area contributed by atoms with Crippen molar-refractivity contribution in [1.82, 2.24) is 25.4 Å². The van der Waals surface area contributed by atoms with Gasteiger partial charge in [0.15, 0.2) is 5.96 Å². The van der Waals surface area contributed by atoms with Crippen molar-refractivity contribution in [2.24, 2.45) is 4.99 Å². The molecule has 1 aliphatic heterocycles. The first-order chi connectivity index (χ1) is 11.3. The lowest BCUT2D eigenvalue weighted by Gasteiger charge is -2.25. The Morgan fingerprint density at radius 3 is 3.12 bits per heavy atom. The summed E-state index contributed by atoms with van der Waals surface area (Å²) in [7, 11) is 0. The predicted molar refractivity (Wildman–Crippen MR) is 104 cm³/mol. The third-order valence-electron chi connectivity index (χ3n) is 3.84. The fourth-order valence-corrected chi connectivity index (χ4v) is 2.82. The molecular weight excluding hydrogens is 419 g/mol. The summed E-state index contributed by atoms with van der Waals surface area (Å²) in [5.74, 6) is 3.61. The minimum Gasteiger partial charge on any atom is -0.469 e. The van der Waals surface area contributed by atoms with Gasteiger partial charge >= 0.3 is 0 Å². The molecule has 0 saturated heterocycles. The van der Waals surface area contributed by atoms with Crippen LogP contribution in [0.15, 0.2) is 27.8 Å². The van der Waals surface area contributed by atoms with Crippen LogP contribution in [0, 0.1) is 6.92 Å². The van der Waals surface area contributed by atoms with Crippen LogP contribution in [0.4, 0.5) is 0 Å². The lowest BCUT2D eigenvalue weighted by atomic mass is 10.1. The highest BCUT2D eigenvalue weighted by Crippen LogP contribution is 2.22. The number of fused-ring (bicyclic) bond motifs is 1. The smallest absolute Gasteiger partial charge is 0.191 e. The van der Waals surface area contributed by atoms with E-state index in [1.807, 2.05) is 23.7 Å². The fourth-order valence-electron chi connectivity index (χ4n) is 2.82. The number of nitrogens with one attached hydrogen (secondary N) is 2. The molecule has 3 heterocycles. The van der Waals surface area contributed by atoms with Gasteiger partial charge in [-0.15, -0.1) is 24.0 Å². The molecule has 0 saturated carbocycles. The Labute approximate surface area is 159 Å². The fraction of sp³-hybridized carbons (Fsp3) is 0.562. The maximum absolute atomic E-state index is 5.34. The van der Waals surface area contributed by atoms with Crippen LogP contribution in [0.3, 0.4) is 0 Å². The number of hydrogen-bond donors (Lipinski definition) is 2. The molecule has 0 radical (unpaired) electrons. The van der Waals surface area contributed by atoms with Crippen LogP contribution >= 0.6 is 24.0 Å². The lowest BCUT2D eigenvalue weighted by molar-refractivity contribution is 0.397. The Balaban J connectivity index is 0.00000208. The van der Waals surface area contributed by atoms with Crippen molar-refractivity contribution in [1.29, 1.82) is 0 Å². The topological polar surface area (TPSA) is 80.3 Å². The van der Waals surface area contributed by atoms with Gasteiger partial charge < -0.3 is 15.1 Å². The van der Waals surface area contributed by atoms with Crippen LogP contribution in [-0.4, -0.2) is 33.8 Å². The molecule has 1 aliphatic rings. The van der Waals surface area contributed by atoms with E-state index in [-0.39, 0.29) is 30.0 Å². The Hall–Kier alpha value is -1.58. The average molecular weight is 444 g/mol. The van der Waals surface area contributed by atoms with Crippen molar-refractivity contribution in [3.63, 3.8) is 0 Å². The van der Waals surface area contributed by atoms with Gasteiger partial charge in [-0.2, -0.15) is 5.10 Å². The molecule has 3 rings (SSSR count). The quantitative estimate of drug-likeness (QED) is 0.421.